The minimum atomic E-state index is -0.701. The number of esters is 1. The van der Waals surface area contributed by atoms with Crippen LogP contribution in [0, 0.1) is 10.1 Å². The van der Waals surface area contributed by atoms with Crippen molar-refractivity contribution < 1.29 is 19.2 Å². The predicted octanol–water partition coefficient (Wildman–Crippen LogP) is 3.51. The molecule has 150 valence electrons. The molecule has 30 heavy (non-hydrogen) atoms. The zero-order valence-electron chi connectivity index (χ0n) is 15.7. The molecule has 0 atom stereocenters. The van der Waals surface area contributed by atoms with Crippen LogP contribution in [0.3, 0.4) is 0 Å². The molecule has 0 aliphatic carbocycles. The van der Waals surface area contributed by atoms with Gasteiger partial charge in [0.15, 0.2) is 0 Å². The van der Waals surface area contributed by atoms with Crippen molar-refractivity contribution in [2.45, 2.75) is 6.42 Å². The molecule has 0 aromatic heterocycles. The molecule has 8 nitrogen and oxygen atoms in total. The van der Waals surface area contributed by atoms with Crippen LogP contribution in [0.2, 0.25) is 0 Å². The maximum Gasteiger partial charge on any atom is 0.343 e. The van der Waals surface area contributed by atoms with E-state index in [9.17, 15) is 19.7 Å². The number of amides is 1. The number of hydrazone groups is 1. The van der Waals surface area contributed by atoms with Crippen molar-refractivity contribution in [3.8, 4) is 5.75 Å². The molecule has 3 aromatic rings. The van der Waals surface area contributed by atoms with Gasteiger partial charge in [-0.05, 0) is 41.5 Å². The van der Waals surface area contributed by atoms with Crippen molar-refractivity contribution in [1.82, 2.24) is 5.43 Å². The minimum Gasteiger partial charge on any atom is -0.423 e. The molecule has 0 aliphatic heterocycles. The quantitative estimate of drug-likeness (QED) is 0.213. The van der Waals surface area contributed by atoms with E-state index in [1.807, 2.05) is 30.3 Å². The van der Waals surface area contributed by atoms with Gasteiger partial charge in [0.2, 0.25) is 5.91 Å². The molecule has 1 N–H and O–H groups in total. The predicted molar refractivity (Wildman–Crippen MR) is 110 cm³/mol. The first-order valence-electron chi connectivity index (χ1n) is 8.94. The van der Waals surface area contributed by atoms with Gasteiger partial charge in [-0.25, -0.2) is 10.2 Å². The van der Waals surface area contributed by atoms with Gasteiger partial charge in [0, 0.05) is 12.1 Å². The molecule has 0 heterocycles. The maximum absolute atomic E-state index is 12.2. The van der Waals surface area contributed by atoms with Gasteiger partial charge in [-0.15, -0.1) is 0 Å². The second-order valence-corrected chi connectivity index (χ2v) is 6.22. The summed E-state index contributed by atoms with van der Waals surface area (Å²) in [6.07, 6.45) is 1.69. The molecular weight excluding hydrogens is 386 g/mol. The molecule has 0 aliphatic rings. The van der Waals surface area contributed by atoms with Crippen molar-refractivity contribution in [1.29, 1.82) is 0 Å². The zero-order chi connectivity index (χ0) is 21.3. The summed E-state index contributed by atoms with van der Waals surface area (Å²) < 4.78 is 5.22. The van der Waals surface area contributed by atoms with E-state index < -0.39 is 10.9 Å². The summed E-state index contributed by atoms with van der Waals surface area (Å²) in [5.41, 5.74) is 3.92. The van der Waals surface area contributed by atoms with E-state index >= 15 is 0 Å². The summed E-state index contributed by atoms with van der Waals surface area (Å²) in [7, 11) is 0. The topological polar surface area (TPSA) is 111 Å². The third-order valence-electron chi connectivity index (χ3n) is 3.99. The van der Waals surface area contributed by atoms with Crippen LogP contribution in [-0.2, 0) is 11.2 Å². The lowest BCUT2D eigenvalue weighted by Crippen LogP contribution is -2.19. The van der Waals surface area contributed by atoms with Gasteiger partial charge < -0.3 is 4.74 Å². The molecule has 0 saturated carbocycles. The number of carbonyl (C=O) groups is 2. The Bertz CT molecular complexity index is 1080. The number of hydrogen-bond acceptors (Lipinski definition) is 6. The van der Waals surface area contributed by atoms with Crippen molar-refractivity contribution in [2.75, 3.05) is 0 Å². The number of carbonyl (C=O) groups excluding carboxylic acids is 2. The van der Waals surface area contributed by atoms with E-state index in [-0.39, 0.29) is 29.3 Å². The Morgan fingerprint density at radius 3 is 2.43 bits per heavy atom. The Morgan fingerprint density at radius 1 is 1.00 bits per heavy atom. The lowest BCUT2D eigenvalue weighted by molar-refractivity contribution is -0.384. The summed E-state index contributed by atoms with van der Waals surface area (Å²) in [6.45, 7) is 0. The SMILES string of the molecule is O=C(Cc1ccccc1)N/N=C\c1ccc(OC(=O)c2cccc([N+](=O)[O-])c2)cc1. The Labute approximate surface area is 172 Å². The van der Waals surface area contributed by atoms with Gasteiger partial charge in [-0.2, -0.15) is 5.10 Å². The van der Waals surface area contributed by atoms with Crippen molar-refractivity contribution in [3.05, 3.63) is 106 Å². The molecule has 0 spiro atoms. The van der Waals surface area contributed by atoms with Crippen molar-refractivity contribution >= 4 is 23.8 Å². The van der Waals surface area contributed by atoms with Gasteiger partial charge in [-0.3, -0.25) is 14.9 Å². The number of nitrogens with zero attached hydrogens (tertiary/aromatic N) is 2. The zero-order valence-corrected chi connectivity index (χ0v) is 15.7. The number of ether oxygens (including phenoxy) is 1. The second-order valence-electron chi connectivity index (χ2n) is 6.22. The van der Waals surface area contributed by atoms with E-state index in [2.05, 4.69) is 10.5 Å². The van der Waals surface area contributed by atoms with E-state index in [0.29, 0.717) is 5.56 Å². The summed E-state index contributed by atoms with van der Waals surface area (Å²) in [5, 5.41) is 14.7. The first-order valence-corrected chi connectivity index (χ1v) is 8.94. The average Bonchev–Trinajstić information content (AvgIpc) is 2.75. The largest absolute Gasteiger partial charge is 0.423 e. The summed E-state index contributed by atoms with van der Waals surface area (Å²) in [6, 6.07) is 21.0. The molecule has 1 amide bonds. The lowest BCUT2D eigenvalue weighted by atomic mass is 10.1. The minimum absolute atomic E-state index is 0.0796. The van der Waals surface area contributed by atoms with Crippen LogP contribution < -0.4 is 10.2 Å². The molecule has 0 saturated heterocycles. The molecule has 0 unspecified atom stereocenters. The van der Waals surface area contributed by atoms with Crippen LogP contribution >= 0.6 is 0 Å². The number of nitro groups is 1. The average molecular weight is 403 g/mol. The molecule has 3 aromatic carbocycles. The van der Waals surface area contributed by atoms with Gasteiger partial charge >= 0.3 is 5.97 Å². The Morgan fingerprint density at radius 2 is 1.73 bits per heavy atom. The van der Waals surface area contributed by atoms with Crippen LogP contribution in [0.4, 0.5) is 5.69 Å². The number of hydrogen-bond donors (Lipinski definition) is 1. The maximum atomic E-state index is 12.2. The Hall–Kier alpha value is -4.33. The van der Waals surface area contributed by atoms with E-state index in [1.165, 1.54) is 24.4 Å². The number of nitrogens with one attached hydrogen (secondary N) is 1. The molecule has 8 heteroatoms. The summed E-state index contributed by atoms with van der Waals surface area (Å²) in [5.74, 6) is -0.662. The smallest absolute Gasteiger partial charge is 0.343 e. The summed E-state index contributed by atoms with van der Waals surface area (Å²) in [4.78, 5) is 34.2. The van der Waals surface area contributed by atoms with Crippen LogP contribution in [0.15, 0.2) is 84.0 Å². The molecule has 3 rings (SSSR count). The van der Waals surface area contributed by atoms with Crippen LogP contribution in [0.25, 0.3) is 0 Å². The Balaban J connectivity index is 1.54. The highest BCUT2D eigenvalue weighted by atomic mass is 16.6. The molecular formula is C22H17N3O5. The fourth-order valence-electron chi connectivity index (χ4n) is 2.53. The van der Waals surface area contributed by atoms with Gasteiger partial charge in [0.05, 0.1) is 23.1 Å². The van der Waals surface area contributed by atoms with Gasteiger partial charge in [0.25, 0.3) is 5.69 Å². The highest BCUT2D eigenvalue weighted by Gasteiger charge is 2.13. The molecule has 0 radical (unpaired) electrons. The normalized spacial score (nSPS) is 10.5. The number of nitro benzene ring substituents is 1. The van der Waals surface area contributed by atoms with E-state index in [4.69, 9.17) is 4.74 Å². The number of benzene rings is 3. The van der Waals surface area contributed by atoms with Crippen LogP contribution in [-0.4, -0.2) is 23.0 Å². The monoisotopic (exact) mass is 403 g/mol. The van der Waals surface area contributed by atoms with Crippen LogP contribution in [0.5, 0.6) is 5.75 Å². The molecule has 0 fully saturated rings. The van der Waals surface area contributed by atoms with Gasteiger partial charge in [-0.1, -0.05) is 36.4 Å². The third-order valence-corrected chi connectivity index (χ3v) is 3.99. The fourth-order valence-corrected chi connectivity index (χ4v) is 2.53. The third kappa shape index (κ3) is 5.83. The number of rotatable bonds is 7. The van der Waals surface area contributed by atoms with Crippen molar-refractivity contribution in [3.63, 3.8) is 0 Å². The lowest BCUT2D eigenvalue weighted by Gasteiger charge is -2.04. The standard InChI is InChI=1S/C22H17N3O5/c26-21(13-16-5-2-1-3-6-16)24-23-15-17-9-11-20(12-10-17)30-22(27)18-7-4-8-19(14-18)25(28)29/h1-12,14-15H,13H2,(H,24,26)/b23-15-. The highest BCUT2D eigenvalue weighted by molar-refractivity contribution is 5.92. The summed E-state index contributed by atoms with van der Waals surface area (Å²) >= 11 is 0. The highest BCUT2D eigenvalue weighted by Crippen LogP contribution is 2.17. The van der Waals surface area contributed by atoms with E-state index in [1.54, 1.807) is 24.3 Å². The first-order chi connectivity index (χ1) is 14.5. The Kier molecular flexibility index (Phi) is 6.63. The molecule has 0 bridgehead atoms. The van der Waals surface area contributed by atoms with Crippen LogP contribution in [0.1, 0.15) is 21.5 Å². The van der Waals surface area contributed by atoms with Crippen molar-refractivity contribution in [2.24, 2.45) is 5.10 Å². The van der Waals surface area contributed by atoms with E-state index in [0.717, 1.165) is 11.6 Å². The first kappa shape index (κ1) is 20.4. The fraction of sp³-hybridized carbons (Fsp3) is 0.0455. The number of non-ortho nitro benzene ring substituents is 1. The van der Waals surface area contributed by atoms with Gasteiger partial charge in [0.1, 0.15) is 5.75 Å². The second kappa shape index (κ2) is 9.74.